The number of hydrogen-bond donors (Lipinski definition) is 3. The van der Waals surface area contributed by atoms with Gasteiger partial charge in [0, 0.05) is 17.5 Å². The number of carboxylic acids is 1. The summed E-state index contributed by atoms with van der Waals surface area (Å²) >= 11 is 0. The molecular formula is C22H20F3N3O4. The van der Waals surface area contributed by atoms with E-state index >= 15 is 0 Å². The van der Waals surface area contributed by atoms with E-state index in [1.54, 1.807) is 24.3 Å². The molecule has 3 rings (SSSR count). The molecule has 3 aromatic rings. The molecule has 2 aromatic carbocycles. The molecule has 0 aliphatic rings. The van der Waals surface area contributed by atoms with Gasteiger partial charge in [-0.15, -0.1) is 0 Å². The highest BCUT2D eigenvalue weighted by molar-refractivity contribution is 6.13. The molecule has 3 N–H and O–H groups in total. The first-order chi connectivity index (χ1) is 15.0. The number of hydrogen-bond acceptors (Lipinski definition) is 4. The second-order valence-corrected chi connectivity index (χ2v) is 7.23. The predicted molar refractivity (Wildman–Crippen MR) is 112 cm³/mol. The number of benzene rings is 2. The fourth-order valence-electron chi connectivity index (χ4n) is 3.24. The van der Waals surface area contributed by atoms with E-state index in [-0.39, 0.29) is 35.5 Å². The molecule has 0 saturated heterocycles. The van der Waals surface area contributed by atoms with Crippen LogP contribution >= 0.6 is 0 Å². The standard InChI is InChI=1S/C22H20F3N3O4/c1-12-3-6-15(7-4-12)28-17-11-14(22(23,24)25)5-8-16(17)20(21(28)32)13(2)26-27-18(29)9-10-19(30)31/h3-8,11,32H,9-10H2,1-2H3,(H,27,29)(H,30,31)/b26-13+. The van der Waals surface area contributed by atoms with E-state index in [0.717, 1.165) is 17.7 Å². The fraction of sp³-hybridized carbons (Fsp3) is 0.227. The number of fused-ring (bicyclic) bond motifs is 1. The normalized spacial score (nSPS) is 12.2. The van der Waals surface area contributed by atoms with Crippen molar-refractivity contribution >= 4 is 28.5 Å². The lowest BCUT2D eigenvalue weighted by atomic mass is 10.1. The quantitative estimate of drug-likeness (QED) is 0.386. The number of nitrogens with one attached hydrogen (secondary N) is 1. The third-order valence-corrected chi connectivity index (χ3v) is 4.84. The van der Waals surface area contributed by atoms with Gasteiger partial charge in [0.2, 0.25) is 11.8 Å². The van der Waals surface area contributed by atoms with Gasteiger partial charge in [0.05, 0.1) is 28.8 Å². The van der Waals surface area contributed by atoms with Gasteiger partial charge in [-0.2, -0.15) is 18.3 Å². The Morgan fingerprint density at radius 2 is 1.75 bits per heavy atom. The van der Waals surface area contributed by atoms with Crippen molar-refractivity contribution in [2.45, 2.75) is 32.9 Å². The Morgan fingerprint density at radius 1 is 1.09 bits per heavy atom. The van der Waals surface area contributed by atoms with Crippen molar-refractivity contribution in [3.8, 4) is 11.6 Å². The van der Waals surface area contributed by atoms with Crippen LogP contribution in [0.2, 0.25) is 0 Å². The number of hydrazone groups is 1. The van der Waals surface area contributed by atoms with Gasteiger partial charge in [-0.25, -0.2) is 5.43 Å². The zero-order valence-electron chi connectivity index (χ0n) is 17.2. The summed E-state index contributed by atoms with van der Waals surface area (Å²) in [5, 5.41) is 23.8. The second kappa shape index (κ2) is 8.74. The number of aryl methyl sites for hydroxylation is 1. The summed E-state index contributed by atoms with van der Waals surface area (Å²) in [6.07, 6.45) is -5.25. The summed E-state index contributed by atoms with van der Waals surface area (Å²) < 4.78 is 41.3. The van der Waals surface area contributed by atoms with Crippen LogP contribution in [0, 0.1) is 6.92 Å². The number of carbonyl (C=O) groups excluding carboxylic acids is 1. The van der Waals surface area contributed by atoms with E-state index < -0.39 is 23.6 Å². The van der Waals surface area contributed by atoms with E-state index in [1.165, 1.54) is 17.6 Å². The van der Waals surface area contributed by atoms with Crippen molar-refractivity contribution < 1.29 is 33.0 Å². The van der Waals surface area contributed by atoms with Crippen molar-refractivity contribution in [3.05, 3.63) is 59.2 Å². The van der Waals surface area contributed by atoms with Gasteiger partial charge >= 0.3 is 12.1 Å². The van der Waals surface area contributed by atoms with Crippen molar-refractivity contribution in [2.24, 2.45) is 5.10 Å². The van der Waals surface area contributed by atoms with Crippen LogP contribution in [0.3, 0.4) is 0 Å². The third-order valence-electron chi connectivity index (χ3n) is 4.84. The van der Waals surface area contributed by atoms with Gasteiger partial charge in [-0.3, -0.25) is 14.2 Å². The number of nitrogens with zero attached hydrogens (tertiary/aromatic N) is 2. The maximum absolute atomic E-state index is 13.3. The maximum atomic E-state index is 13.3. The molecule has 0 aliphatic heterocycles. The lowest BCUT2D eigenvalue weighted by molar-refractivity contribution is -0.139. The van der Waals surface area contributed by atoms with Crippen molar-refractivity contribution in [2.75, 3.05) is 0 Å². The molecule has 32 heavy (non-hydrogen) atoms. The van der Waals surface area contributed by atoms with E-state index in [9.17, 15) is 27.9 Å². The highest BCUT2D eigenvalue weighted by Gasteiger charge is 2.32. The van der Waals surface area contributed by atoms with Crippen LogP contribution in [0.25, 0.3) is 16.6 Å². The van der Waals surface area contributed by atoms with Gasteiger partial charge in [-0.05, 0) is 38.1 Å². The molecule has 7 nitrogen and oxygen atoms in total. The Morgan fingerprint density at radius 3 is 2.34 bits per heavy atom. The molecule has 0 atom stereocenters. The SMILES string of the molecule is C/C(=N\NC(=O)CCC(=O)O)c1c(O)n(-c2ccc(C)cc2)c2cc(C(F)(F)F)ccc12. The molecule has 0 radical (unpaired) electrons. The molecule has 1 aromatic heterocycles. The average molecular weight is 447 g/mol. The number of aromatic hydroxyl groups is 1. The van der Waals surface area contributed by atoms with E-state index in [0.29, 0.717) is 11.1 Å². The second-order valence-electron chi connectivity index (χ2n) is 7.23. The molecular weight excluding hydrogens is 427 g/mol. The molecule has 0 saturated carbocycles. The minimum Gasteiger partial charge on any atom is -0.494 e. The van der Waals surface area contributed by atoms with Gasteiger partial charge in [-0.1, -0.05) is 23.8 Å². The third kappa shape index (κ3) is 4.74. The van der Waals surface area contributed by atoms with Crippen LogP contribution in [0.15, 0.2) is 47.6 Å². The number of aliphatic carboxylic acids is 1. The number of rotatable bonds is 6. The molecule has 0 aliphatic carbocycles. The topological polar surface area (TPSA) is 104 Å². The van der Waals surface area contributed by atoms with Crippen LogP contribution < -0.4 is 5.43 Å². The van der Waals surface area contributed by atoms with Crippen LogP contribution in [0.4, 0.5) is 13.2 Å². The summed E-state index contributed by atoms with van der Waals surface area (Å²) in [6.45, 7) is 3.33. The molecule has 1 heterocycles. The minimum atomic E-state index is -4.58. The first kappa shape index (κ1) is 22.9. The lowest BCUT2D eigenvalue weighted by Crippen LogP contribution is -2.20. The highest BCUT2D eigenvalue weighted by atomic mass is 19.4. The monoisotopic (exact) mass is 447 g/mol. The van der Waals surface area contributed by atoms with Gasteiger partial charge in [0.25, 0.3) is 0 Å². The Hall–Kier alpha value is -3.82. The molecule has 10 heteroatoms. The smallest absolute Gasteiger partial charge is 0.416 e. The molecule has 0 fully saturated rings. The van der Waals surface area contributed by atoms with Crippen molar-refractivity contribution in [1.82, 2.24) is 9.99 Å². The van der Waals surface area contributed by atoms with Gasteiger partial charge in [0.1, 0.15) is 0 Å². The average Bonchev–Trinajstić information content (AvgIpc) is 3.01. The van der Waals surface area contributed by atoms with Crippen molar-refractivity contribution in [3.63, 3.8) is 0 Å². The molecule has 0 bridgehead atoms. The lowest BCUT2D eigenvalue weighted by Gasteiger charge is -2.10. The molecule has 168 valence electrons. The van der Waals surface area contributed by atoms with Crippen LogP contribution in [0.1, 0.15) is 36.5 Å². The number of aromatic nitrogens is 1. The number of amides is 1. The summed E-state index contributed by atoms with van der Waals surface area (Å²) in [6, 6.07) is 9.94. The Bertz CT molecular complexity index is 1210. The summed E-state index contributed by atoms with van der Waals surface area (Å²) in [5.74, 6) is -2.13. The number of halogens is 3. The zero-order chi connectivity index (χ0) is 23.6. The van der Waals surface area contributed by atoms with Crippen LogP contribution in [-0.4, -0.2) is 32.4 Å². The first-order valence-electron chi connectivity index (χ1n) is 9.56. The highest BCUT2D eigenvalue weighted by Crippen LogP contribution is 2.38. The van der Waals surface area contributed by atoms with Crippen LogP contribution in [0.5, 0.6) is 5.88 Å². The Labute approximate surface area is 180 Å². The maximum Gasteiger partial charge on any atom is 0.416 e. The number of carboxylic acid groups (broad SMARTS) is 1. The van der Waals surface area contributed by atoms with E-state index in [1.807, 2.05) is 6.92 Å². The largest absolute Gasteiger partial charge is 0.494 e. The molecule has 0 spiro atoms. The summed E-state index contributed by atoms with van der Waals surface area (Å²) in [5.41, 5.74) is 3.11. The molecule has 1 amide bonds. The summed E-state index contributed by atoms with van der Waals surface area (Å²) in [7, 11) is 0. The van der Waals surface area contributed by atoms with Crippen molar-refractivity contribution in [1.29, 1.82) is 0 Å². The minimum absolute atomic E-state index is 0.114. The number of alkyl halides is 3. The predicted octanol–water partition coefficient (Wildman–Crippen LogP) is 4.37. The number of carbonyl (C=O) groups is 2. The van der Waals surface area contributed by atoms with Crippen LogP contribution in [-0.2, 0) is 15.8 Å². The van der Waals surface area contributed by atoms with Gasteiger partial charge < -0.3 is 10.2 Å². The molecule has 0 unspecified atom stereocenters. The summed E-state index contributed by atoms with van der Waals surface area (Å²) in [4.78, 5) is 22.4. The zero-order valence-corrected chi connectivity index (χ0v) is 17.2. The first-order valence-corrected chi connectivity index (χ1v) is 9.56. The Balaban J connectivity index is 2.13. The van der Waals surface area contributed by atoms with E-state index in [2.05, 4.69) is 10.5 Å². The Kier molecular flexibility index (Phi) is 6.24. The van der Waals surface area contributed by atoms with E-state index in [4.69, 9.17) is 5.11 Å². The van der Waals surface area contributed by atoms with Gasteiger partial charge in [0.15, 0.2) is 0 Å². The fourth-order valence-corrected chi connectivity index (χ4v) is 3.24.